The molecule has 0 saturated heterocycles. The number of hydrogen-bond donors (Lipinski definition) is 1. The molecule has 2 N–H and O–H groups in total. The van der Waals surface area contributed by atoms with Crippen molar-refractivity contribution in [3.8, 4) is 11.3 Å². The van der Waals surface area contributed by atoms with Gasteiger partial charge < -0.3 is 5.73 Å². The first-order valence-corrected chi connectivity index (χ1v) is 5.27. The van der Waals surface area contributed by atoms with Crippen LogP contribution in [0.3, 0.4) is 0 Å². The summed E-state index contributed by atoms with van der Waals surface area (Å²) in [6.45, 7) is 3.26. The predicted octanol–water partition coefficient (Wildman–Crippen LogP) is 2.17. The van der Waals surface area contributed by atoms with E-state index in [-0.39, 0.29) is 5.82 Å². The van der Waals surface area contributed by atoms with E-state index in [1.165, 1.54) is 12.1 Å². The van der Waals surface area contributed by atoms with Gasteiger partial charge in [-0.3, -0.25) is 4.68 Å². The summed E-state index contributed by atoms with van der Waals surface area (Å²) < 4.78 is 14.6. The first-order valence-electron chi connectivity index (χ1n) is 5.27. The Balaban J connectivity index is 2.40. The molecular formula is C12H14FN3. The van der Waals surface area contributed by atoms with E-state index in [1.807, 2.05) is 17.7 Å². The molecule has 0 radical (unpaired) electrons. The van der Waals surface area contributed by atoms with Gasteiger partial charge in [0.2, 0.25) is 0 Å². The van der Waals surface area contributed by atoms with E-state index in [9.17, 15) is 4.39 Å². The molecule has 3 nitrogen and oxygen atoms in total. The van der Waals surface area contributed by atoms with Crippen LogP contribution in [0.25, 0.3) is 11.3 Å². The van der Waals surface area contributed by atoms with Crippen LogP contribution >= 0.6 is 0 Å². The summed E-state index contributed by atoms with van der Waals surface area (Å²) in [5.41, 5.74) is 8.35. The van der Waals surface area contributed by atoms with Gasteiger partial charge in [0.05, 0.1) is 11.4 Å². The molecule has 0 bridgehead atoms. The summed E-state index contributed by atoms with van der Waals surface area (Å²) in [6, 6.07) is 8.25. The minimum atomic E-state index is -0.238. The highest BCUT2D eigenvalue weighted by molar-refractivity contribution is 5.59. The first kappa shape index (κ1) is 10.8. The molecule has 1 aromatic carbocycles. The molecule has 4 heteroatoms. The number of aromatic nitrogens is 2. The van der Waals surface area contributed by atoms with E-state index in [1.54, 1.807) is 12.1 Å². The van der Waals surface area contributed by atoms with Crippen molar-refractivity contribution in [3.05, 3.63) is 41.8 Å². The van der Waals surface area contributed by atoms with Gasteiger partial charge in [0, 0.05) is 18.7 Å². The molecule has 0 atom stereocenters. The van der Waals surface area contributed by atoms with Crippen LogP contribution in [0.4, 0.5) is 4.39 Å². The lowest BCUT2D eigenvalue weighted by molar-refractivity contribution is 0.623. The molecule has 0 spiro atoms. The van der Waals surface area contributed by atoms with Crippen LogP contribution < -0.4 is 5.73 Å². The zero-order chi connectivity index (χ0) is 11.5. The van der Waals surface area contributed by atoms with Gasteiger partial charge in [-0.05, 0) is 37.3 Å². The van der Waals surface area contributed by atoms with Crippen LogP contribution in [0.2, 0.25) is 0 Å². The summed E-state index contributed by atoms with van der Waals surface area (Å²) in [4.78, 5) is 0. The minimum Gasteiger partial charge on any atom is -0.325 e. The number of rotatable bonds is 3. The van der Waals surface area contributed by atoms with Crippen LogP contribution in [0.1, 0.15) is 12.6 Å². The highest BCUT2D eigenvalue weighted by Gasteiger charge is 2.07. The van der Waals surface area contributed by atoms with Gasteiger partial charge in [-0.2, -0.15) is 5.10 Å². The second-order valence-corrected chi connectivity index (χ2v) is 3.55. The zero-order valence-corrected chi connectivity index (χ0v) is 9.15. The van der Waals surface area contributed by atoms with Crippen LogP contribution in [0, 0.1) is 5.82 Å². The van der Waals surface area contributed by atoms with Crippen molar-refractivity contribution in [2.45, 2.75) is 20.0 Å². The lowest BCUT2D eigenvalue weighted by Gasteiger charge is -1.99. The van der Waals surface area contributed by atoms with E-state index >= 15 is 0 Å². The van der Waals surface area contributed by atoms with E-state index < -0.39 is 0 Å². The predicted molar refractivity (Wildman–Crippen MR) is 61.2 cm³/mol. The lowest BCUT2D eigenvalue weighted by Crippen LogP contribution is -2.06. The SMILES string of the molecule is CCn1nc(-c2ccc(F)cc2)cc1CN. The summed E-state index contributed by atoms with van der Waals surface area (Å²) in [7, 11) is 0. The fourth-order valence-electron chi connectivity index (χ4n) is 1.66. The lowest BCUT2D eigenvalue weighted by atomic mass is 10.1. The summed E-state index contributed by atoms with van der Waals surface area (Å²) in [6.07, 6.45) is 0. The zero-order valence-electron chi connectivity index (χ0n) is 9.15. The average Bonchev–Trinajstić information content (AvgIpc) is 2.73. The van der Waals surface area contributed by atoms with Gasteiger partial charge in [-0.1, -0.05) is 0 Å². The van der Waals surface area contributed by atoms with Gasteiger partial charge >= 0.3 is 0 Å². The molecule has 0 aliphatic heterocycles. The van der Waals surface area contributed by atoms with Crippen molar-refractivity contribution >= 4 is 0 Å². The third kappa shape index (κ3) is 1.97. The Morgan fingerprint density at radius 3 is 2.50 bits per heavy atom. The second kappa shape index (κ2) is 4.45. The molecule has 1 aromatic heterocycles. The minimum absolute atomic E-state index is 0.238. The maximum Gasteiger partial charge on any atom is 0.123 e. The summed E-state index contributed by atoms with van der Waals surface area (Å²) in [5.74, 6) is -0.238. The third-order valence-electron chi connectivity index (χ3n) is 2.51. The average molecular weight is 219 g/mol. The Labute approximate surface area is 93.7 Å². The van der Waals surface area contributed by atoms with Gasteiger partial charge in [0.25, 0.3) is 0 Å². The molecule has 84 valence electrons. The van der Waals surface area contributed by atoms with E-state index in [0.717, 1.165) is 23.5 Å². The largest absolute Gasteiger partial charge is 0.325 e. The number of aryl methyl sites for hydroxylation is 1. The topological polar surface area (TPSA) is 43.8 Å². The van der Waals surface area contributed by atoms with Gasteiger partial charge in [0.1, 0.15) is 5.82 Å². The fourth-order valence-corrected chi connectivity index (χ4v) is 1.66. The fraction of sp³-hybridized carbons (Fsp3) is 0.250. The molecule has 16 heavy (non-hydrogen) atoms. The van der Waals surface area contributed by atoms with E-state index in [2.05, 4.69) is 5.10 Å². The van der Waals surface area contributed by atoms with Crippen molar-refractivity contribution in [2.24, 2.45) is 5.73 Å². The summed E-state index contributed by atoms with van der Waals surface area (Å²) in [5, 5.41) is 4.41. The number of benzene rings is 1. The van der Waals surface area contributed by atoms with Crippen molar-refractivity contribution < 1.29 is 4.39 Å². The Morgan fingerprint density at radius 1 is 1.31 bits per heavy atom. The third-order valence-corrected chi connectivity index (χ3v) is 2.51. The van der Waals surface area contributed by atoms with Gasteiger partial charge in [-0.25, -0.2) is 4.39 Å². The molecule has 0 saturated carbocycles. The number of halogens is 1. The molecule has 0 fully saturated rings. The Kier molecular flexibility index (Phi) is 3.01. The highest BCUT2D eigenvalue weighted by atomic mass is 19.1. The molecule has 1 heterocycles. The normalized spacial score (nSPS) is 10.7. The van der Waals surface area contributed by atoms with E-state index in [4.69, 9.17) is 5.73 Å². The van der Waals surface area contributed by atoms with Gasteiger partial charge in [-0.15, -0.1) is 0 Å². The van der Waals surface area contributed by atoms with Crippen molar-refractivity contribution in [2.75, 3.05) is 0 Å². The quantitative estimate of drug-likeness (QED) is 0.859. The maximum absolute atomic E-state index is 12.8. The number of hydrogen-bond acceptors (Lipinski definition) is 2. The molecule has 2 rings (SSSR count). The maximum atomic E-state index is 12.8. The van der Waals surface area contributed by atoms with Crippen LogP contribution in [0.5, 0.6) is 0 Å². The van der Waals surface area contributed by atoms with Crippen molar-refractivity contribution in [1.29, 1.82) is 0 Å². The number of nitrogens with zero attached hydrogens (tertiary/aromatic N) is 2. The molecule has 2 aromatic rings. The second-order valence-electron chi connectivity index (χ2n) is 3.55. The van der Waals surface area contributed by atoms with E-state index in [0.29, 0.717) is 6.54 Å². The van der Waals surface area contributed by atoms with Crippen molar-refractivity contribution in [1.82, 2.24) is 9.78 Å². The van der Waals surface area contributed by atoms with Crippen LogP contribution in [-0.2, 0) is 13.1 Å². The molecule has 0 unspecified atom stereocenters. The van der Waals surface area contributed by atoms with Crippen LogP contribution in [0.15, 0.2) is 30.3 Å². The summed E-state index contributed by atoms with van der Waals surface area (Å²) >= 11 is 0. The number of nitrogens with two attached hydrogens (primary N) is 1. The first-order chi connectivity index (χ1) is 7.74. The Bertz CT molecular complexity index is 452. The Hall–Kier alpha value is -1.68. The smallest absolute Gasteiger partial charge is 0.123 e. The molecule has 0 amide bonds. The Morgan fingerprint density at radius 2 is 2.00 bits per heavy atom. The molecular weight excluding hydrogens is 205 g/mol. The monoisotopic (exact) mass is 219 g/mol. The standard InChI is InChI=1S/C12H14FN3/c1-2-16-11(8-14)7-12(15-16)9-3-5-10(13)6-4-9/h3-7H,2,8,14H2,1H3. The van der Waals surface area contributed by atoms with Crippen LogP contribution in [-0.4, -0.2) is 9.78 Å². The highest BCUT2D eigenvalue weighted by Crippen LogP contribution is 2.19. The molecule has 0 aliphatic rings. The van der Waals surface area contributed by atoms with Gasteiger partial charge in [0.15, 0.2) is 0 Å². The van der Waals surface area contributed by atoms with Crippen molar-refractivity contribution in [3.63, 3.8) is 0 Å². The molecule has 0 aliphatic carbocycles.